The molecule has 0 saturated heterocycles. The van der Waals surface area contributed by atoms with Gasteiger partial charge >= 0.3 is 5.97 Å². The number of rotatable bonds is 4. The summed E-state index contributed by atoms with van der Waals surface area (Å²) >= 11 is 0. The summed E-state index contributed by atoms with van der Waals surface area (Å²) in [6, 6.07) is 11.6. The number of para-hydroxylation sites is 1. The Labute approximate surface area is 156 Å². The third-order valence-electron chi connectivity index (χ3n) is 4.58. The maximum Gasteiger partial charge on any atom is 0.313 e. The molecule has 0 fully saturated rings. The standard InChI is InChI=1S/C20H20N2O5/c1-11-17(23)22-15-6-4-5-14(16(15)27-11)18(24)21-13-9-7-12(8-10-13)20(2,3)19(25)26/h4-11H,1-3H3,(H,21,24)(H,22,23)(H,25,26). The van der Waals surface area contributed by atoms with E-state index in [9.17, 15) is 19.5 Å². The molecule has 0 spiro atoms. The molecule has 0 aliphatic carbocycles. The molecule has 0 radical (unpaired) electrons. The largest absolute Gasteiger partial charge is 0.481 e. The van der Waals surface area contributed by atoms with E-state index in [1.165, 1.54) is 0 Å². The van der Waals surface area contributed by atoms with E-state index in [4.69, 9.17) is 4.74 Å². The van der Waals surface area contributed by atoms with Crippen molar-refractivity contribution in [3.63, 3.8) is 0 Å². The molecule has 7 heteroatoms. The van der Waals surface area contributed by atoms with Crippen LogP contribution in [0.3, 0.4) is 0 Å². The summed E-state index contributed by atoms with van der Waals surface area (Å²) in [7, 11) is 0. The molecule has 3 rings (SSSR count). The maximum atomic E-state index is 12.7. The monoisotopic (exact) mass is 368 g/mol. The molecule has 3 N–H and O–H groups in total. The highest BCUT2D eigenvalue weighted by molar-refractivity contribution is 6.09. The van der Waals surface area contributed by atoms with Crippen LogP contribution in [0.1, 0.15) is 36.7 Å². The summed E-state index contributed by atoms with van der Waals surface area (Å²) in [5, 5.41) is 14.8. The molecule has 27 heavy (non-hydrogen) atoms. The van der Waals surface area contributed by atoms with Crippen LogP contribution in [0.25, 0.3) is 0 Å². The Bertz CT molecular complexity index is 918. The lowest BCUT2D eigenvalue weighted by Crippen LogP contribution is -2.35. The molecule has 2 amide bonds. The molecule has 0 bridgehead atoms. The smallest absolute Gasteiger partial charge is 0.313 e. The average Bonchev–Trinajstić information content (AvgIpc) is 2.62. The predicted octanol–water partition coefficient (Wildman–Crippen LogP) is 3.02. The van der Waals surface area contributed by atoms with Crippen LogP contribution < -0.4 is 15.4 Å². The number of ether oxygens (including phenoxy) is 1. The molecular weight excluding hydrogens is 348 g/mol. The van der Waals surface area contributed by atoms with Crippen LogP contribution in [0, 0.1) is 0 Å². The number of hydrogen-bond donors (Lipinski definition) is 3. The lowest BCUT2D eigenvalue weighted by Gasteiger charge is -2.25. The summed E-state index contributed by atoms with van der Waals surface area (Å²) in [6.45, 7) is 4.84. The van der Waals surface area contributed by atoms with Gasteiger partial charge in [0, 0.05) is 5.69 Å². The van der Waals surface area contributed by atoms with Gasteiger partial charge in [0.25, 0.3) is 11.8 Å². The molecule has 2 aromatic carbocycles. The predicted molar refractivity (Wildman–Crippen MR) is 100 cm³/mol. The van der Waals surface area contributed by atoms with Crippen molar-refractivity contribution < 1.29 is 24.2 Å². The molecule has 2 aromatic rings. The van der Waals surface area contributed by atoms with Crippen molar-refractivity contribution in [3.8, 4) is 5.75 Å². The van der Waals surface area contributed by atoms with E-state index in [2.05, 4.69) is 10.6 Å². The van der Waals surface area contributed by atoms with Crippen molar-refractivity contribution in [2.75, 3.05) is 10.6 Å². The Balaban J connectivity index is 1.82. The topological polar surface area (TPSA) is 105 Å². The highest BCUT2D eigenvalue weighted by Gasteiger charge is 2.30. The van der Waals surface area contributed by atoms with Crippen LogP contribution in [0.5, 0.6) is 5.75 Å². The summed E-state index contributed by atoms with van der Waals surface area (Å²) in [5.41, 5.74) is 0.877. The molecule has 1 heterocycles. The first-order valence-corrected chi connectivity index (χ1v) is 8.46. The fraction of sp³-hybridized carbons (Fsp3) is 0.250. The third-order valence-corrected chi connectivity index (χ3v) is 4.58. The van der Waals surface area contributed by atoms with Gasteiger partial charge in [0.15, 0.2) is 11.9 Å². The fourth-order valence-corrected chi connectivity index (χ4v) is 2.70. The number of hydrogen-bond acceptors (Lipinski definition) is 4. The lowest BCUT2D eigenvalue weighted by atomic mass is 9.85. The molecule has 1 unspecified atom stereocenters. The number of carbonyl (C=O) groups excluding carboxylic acids is 2. The second-order valence-electron chi connectivity index (χ2n) is 6.89. The van der Waals surface area contributed by atoms with Crippen LogP contribution in [0.15, 0.2) is 42.5 Å². The zero-order valence-electron chi connectivity index (χ0n) is 15.2. The van der Waals surface area contributed by atoms with Crippen molar-refractivity contribution in [1.82, 2.24) is 0 Å². The first-order chi connectivity index (χ1) is 12.7. The van der Waals surface area contributed by atoms with Gasteiger partial charge in [0.05, 0.1) is 16.7 Å². The second kappa shape index (κ2) is 6.75. The number of carbonyl (C=O) groups is 3. The highest BCUT2D eigenvalue weighted by Crippen LogP contribution is 2.34. The van der Waals surface area contributed by atoms with Crippen molar-refractivity contribution in [3.05, 3.63) is 53.6 Å². The van der Waals surface area contributed by atoms with Crippen LogP contribution in [0.2, 0.25) is 0 Å². The van der Waals surface area contributed by atoms with Gasteiger partial charge in [-0.15, -0.1) is 0 Å². The Hall–Kier alpha value is -3.35. The number of nitrogens with one attached hydrogen (secondary N) is 2. The Morgan fingerprint density at radius 2 is 1.81 bits per heavy atom. The summed E-state index contributed by atoms with van der Waals surface area (Å²) < 4.78 is 5.59. The fourth-order valence-electron chi connectivity index (χ4n) is 2.70. The molecule has 0 aromatic heterocycles. The first kappa shape index (κ1) is 18.4. The zero-order valence-corrected chi connectivity index (χ0v) is 15.2. The van der Waals surface area contributed by atoms with Gasteiger partial charge in [-0.2, -0.15) is 0 Å². The molecule has 1 atom stereocenters. The minimum absolute atomic E-state index is 0.267. The van der Waals surface area contributed by atoms with Crippen LogP contribution in [-0.2, 0) is 15.0 Å². The van der Waals surface area contributed by atoms with E-state index in [0.717, 1.165) is 0 Å². The molecule has 7 nitrogen and oxygen atoms in total. The quantitative estimate of drug-likeness (QED) is 0.769. The van der Waals surface area contributed by atoms with Crippen LogP contribution in [0.4, 0.5) is 11.4 Å². The minimum atomic E-state index is -1.02. The molecule has 1 aliphatic heterocycles. The Kier molecular flexibility index (Phi) is 4.61. The third kappa shape index (κ3) is 3.48. The van der Waals surface area contributed by atoms with Gasteiger partial charge in [-0.05, 0) is 50.6 Å². The number of carboxylic acid groups (broad SMARTS) is 1. The van der Waals surface area contributed by atoms with Gasteiger partial charge in [-0.3, -0.25) is 14.4 Å². The maximum absolute atomic E-state index is 12.7. The molecule has 1 aliphatic rings. The Morgan fingerprint density at radius 1 is 1.15 bits per heavy atom. The minimum Gasteiger partial charge on any atom is -0.481 e. The van der Waals surface area contributed by atoms with Gasteiger partial charge in [-0.25, -0.2) is 0 Å². The Morgan fingerprint density at radius 3 is 2.44 bits per heavy atom. The van der Waals surface area contributed by atoms with Crippen molar-refractivity contribution in [2.45, 2.75) is 32.3 Å². The molecular formula is C20H20N2O5. The van der Waals surface area contributed by atoms with E-state index in [1.54, 1.807) is 63.2 Å². The van der Waals surface area contributed by atoms with Crippen molar-refractivity contribution in [1.29, 1.82) is 0 Å². The van der Waals surface area contributed by atoms with Crippen LogP contribution in [-0.4, -0.2) is 29.0 Å². The van der Waals surface area contributed by atoms with Crippen molar-refractivity contribution in [2.24, 2.45) is 0 Å². The van der Waals surface area contributed by atoms with Gasteiger partial charge in [-0.1, -0.05) is 18.2 Å². The van der Waals surface area contributed by atoms with Crippen LogP contribution >= 0.6 is 0 Å². The van der Waals surface area contributed by atoms with E-state index in [-0.39, 0.29) is 11.8 Å². The molecule has 0 saturated carbocycles. The van der Waals surface area contributed by atoms with Gasteiger partial charge < -0.3 is 20.5 Å². The van der Waals surface area contributed by atoms with Gasteiger partial charge in [0.1, 0.15) is 0 Å². The number of anilines is 2. The lowest BCUT2D eigenvalue weighted by molar-refractivity contribution is -0.142. The van der Waals surface area contributed by atoms with Gasteiger partial charge in [0.2, 0.25) is 0 Å². The normalized spacial score (nSPS) is 16.0. The van der Waals surface area contributed by atoms with E-state index < -0.39 is 17.5 Å². The highest BCUT2D eigenvalue weighted by atomic mass is 16.5. The second-order valence-corrected chi connectivity index (χ2v) is 6.89. The number of amides is 2. The SMILES string of the molecule is CC1Oc2c(cccc2C(=O)Nc2ccc(C(C)(C)C(=O)O)cc2)NC1=O. The van der Waals surface area contributed by atoms with E-state index in [0.29, 0.717) is 28.3 Å². The number of aliphatic carboxylic acids is 1. The first-order valence-electron chi connectivity index (χ1n) is 8.46. The summed E-state index contributed by atoms with van der Waals surface area (Å²) in [4.78, 5) is 35.7. The van der Waals surface area contributed by atoms with Crippen molar-refractivity contribution >= 4 is 29.2 Å². The summed E-state index contributed by atoms with van der Waals surface area (Å²) in [5.74, 6) is -1.26. The van der Waals surface area contributed by atoms with E-state index >= 15 is 0 Å². The molecule has 140 valence electrons. The number of carboxylic acids is 1. The average molecular weight is 368 g/mol. The zero-order chi connectivity index (χ0) is 19.8. The number of benzene rings is 2. The van der Waals surface area contributed by atoms with E-state index in [1.807, 2.05) is 0 Å². The summed E-state index contributed by atoms with van der Waals surface area (Å²) in [6.07, 6.45) is -0.691. The number of fused-ring (bicyclic) bond motifs is 1.